The summed E-state index contributed by atoms with van der Waals surface area (Å²) in [7, 11) is 0. The van der Waals surface area contributed by atoms with E-state index in [2.05, 4.69) is 27.0 Å². The van der Waals surface area contributed by atoms with E-state index in [4.69, 9.17) is 6.42 Å². The fourth-order valence-electron chi connectivity index (χ4n) is 5.46. The van der Waals surface area contributed by atoms with E-state index in [1.165, 1.54) is 6.20 Å². The zero-order valence-electron chi connectivity index (χ0n) is 26.2. The summed E-state index contributed by atoms with van der Waals surface area (Å²) in [6, 6.07) is 17.4. The number of pyridine rings is 1. The number of aliphatic hydroxyl groups is 1. The highest BCUT2D eigenvalue weighted by atomic mass is 16.4. The zero-order valence-corrected chi connectivity index (χ0v) is 26.2. The number of aliphatic hydroxyl groups excluding tert-OH is 1. The van der Waals surface area contributed by atoms with Crippen LogP contribution in [-0.4, -0.2) is 92.1 Å². The number of aromatic nitrogens is 1. The minimum absolute atomic E-state index is 0.0124. The van der Waals surface area contributed by atoms with Crippen LogP contribution in [0, 0.1) is 12.3 Å². The predicted octanol–water partition coefficient (Wildman–Crippen LogP) is 1.08. The zero-order chi connectivity index (χ0) is 34.5. The van der Waals surface area contributed by atoms with Gasteiger partial charge >= 0.3 is 12.0 Å². The number of likely N-dealkylation sites (tertiary alicyclic amines) is 1. The Morgan fingerprint density at radius 1 is 0.938 bits per heavy atom. The van der Waals surface area contributed by atoms with E-state index in [1.807, 2.05) is 36.4 Å². The first-order chi connectivity index (χ1) is 23.1. The lowest BCUT2D eigenvalue weighted by Gasteiger charge is -2.31. The van der Waals surface area contributed by atoms with Crippen molar-refractivity contribution < 1.29 is 34.2 Å². The number of aliphatic carboxylic acids is 1. The summed E-state index contributed by atoms with van der Waals surface area (Å²) in [5.74, 6) is -0.651. The number of carboxylic acids is 1. The molecule has 250 valence electrons. The summed E-state index contributed by atoms with van der Waals surface area (Å²) in [6.45, 7) is -0.525. The van der Waals surface area contributed by atoms with Gasteiger partial charge in [-0.3, -0.25) is 29.6 Å². The van der Waals surface area contributed by atoms with E-state index >= 15 is 0 Å². The van der Waals surface area contributed by atoms with Crippen molar-refractivity contribution in [2.75, 3.05) is 13.1 Å². The van der Waals surface area contributed by atoms with Crippen LogP contribution in [0.25, 0.3) is 0 Å². The molecule has 0 radical (unpaired) electrons. The van der Waals surface area contributed by atoms with Crippen molar-refractivity contribution in [3.05, 3.63) is 102 Å². The Morgan fingerprint density at radius 2 is 1.60 bits per heavy atom. The fraction of sp³-hybridized carbons (Fsp3) is 0.314. The lowest BCUT2D eigenvalue weighted by atomic mass is 10.0. The third-order valence-electron chi connectivity index (χ3n) is 7.66. The number of hydrogen-bond donors (Lipinski definition) is 5. The number of nitrogens with one attached hydrogen (secondary N) is 3. The van der Waals surface area contributed by atoms with Crippen LogP contribution < -0.4 is 16.1 Å². The third kappa shape index (κ3) is 10.4. The van der Waals surface area contributed by atoms with Gasteiger partial charge in [-0.05, 0) is 29.2 Å². The summed E-state index contributed by atoms with van der Waals surface area (Å²) in [4.78, 5) is 70.6. The second kappa shape index (κ2) is 17.3. The molecule has 0 bridgehead atoms. The molecule has 1 fully saturated rings. The van der Waals surface area contributed by atoms with Gasteiger partial charge in [-0.1, -0.05) is 72.7 Å². The number of carbonyl (C=O) groups is 5. The first-order valence-electron chi connectivity index (χ1n) is 15.4. The minimum atomic E-state index is -1.21. The van der Waals surface area contributed by atoms with Gasteiger partial charge in [-0.25, -0.2) is 9.80 Å². The van der Waals surface area contributed by atoms with Gasteiger partial charge in [-0.2, -0.15) is 0 Å². The van der Waals surface area contributed by atoms with Crippen LogP contribution in [0.15, 0.2) is 85.2 Å². The average Bonchev–Trinajstić information content (AvgIpc) is 3.46. The maximum absolute atomic E-state index is 13.8. The molecule has 5 N–H and O–H groups in total. The molecular formula is C35H38N6O7. The van der Waals surface area contributed by atoms with Gasteiger partial charge in [0.05, 0.1) is 18.9 Å². The van der Waals surface area contributed by atoms with Crippen molar-refractivity contribution >= 4 is 29.7 Å². The van der Waals surface area contributed by atoms with Crippen molar-refractivity contribution in [1.82, 2.24) is 31.0 Å². The van der Waals surface area contributed by atoms with Crippen LogP contribution >= 0.6 is 0 Å². The fourth-order valence-corrected chi connectivity index (χ4v) is 5.46. The van der Waals surface area contributed by atoms with Crippen molar-refractivity contribution in [1.29, 1.82) is 0 Å². The number of β-amino-alcohol motifs (C(OH)–C–C–N with tert-alkyl or cyclic N) is 1. The lowest BCUT2D eigenvalue weighted by molar-refractivity contribution is -0.138. The van der Waals surface area contributed by atoms with Gasteiger partial charge < -0.3 is 25.7 Å². The summed E-state index contributed by atoms with van der Waals surface area (Å²) in [6.07, 6.45) is 7.26. The molecule has 13 heteroatoms. The van der Waals surface area contributed by atoms with Crippen LogP contribution in [0.5, 0.6) is 0 Å². The molecule has 2 heterocycles. The summed E-state index contributed by atoms with van der Waals surface area (Å²) in [5, 5.41) is 26.4. The molecule has 1 saturated heterocycles. The minimum Gasteiger partial charge on any atom is -0.481 e. The smallest absolute Gasteiger partial charge is 0.340 e. The molecule has 3 aromatic rings. The van der Waals surface area contributed by atoms with Crippen LogP contribution in [0.1, 0.15) is 29.5 Å². The van der Waals surface area contributed by atoms with Crippen molar-refractivity contribution in [3.8, 4) is 12.3 Å². The van der Waals surface area contributed by atoms with Gasteiger partial charge in [0.1, 0.15) is 18.6 Å². The summed E-state index contributed by atoms with van der Waals surface area (Å²) < 4.78 is 0. The molecular weight excluding hydrogens is 616 g/mol. The van der Waals surface area contributed by atoms with Crippen molar-refractivity contribution in [3.63, 3.8) is 0 Å². The van der Waals surface area contributed by atoms with E-state index in [0.717, 1.165) is 15.5 Å². The Hall–Kier alpha value is -5.74. The Kier molecular flexibility index (Phi) is 12.6. The van der Waals surface area contributed by atoms with Crippen LogP contribution in [0.2, 0.25) is 0 Å². The number of carboxylic acid groups (broad SMARTS) is 1. The SMILES string of the molecule is C#CCN(NC(=O)Cc1ccccc1)C(=O)N1C[C@@H](O)C[C@H]1C(=O)N[C@@H](Cc1cccnc1)C(=O)N[C@H](CC(=O)O)Cc1ccccc1. The molecule has 0 aliphatic carbocycles. The molecule has 4 rings (SSSR count). The Balaban J connectivity index is 1.50. The normalized spacial score (nSPS) is 16.5. The number of hydrazine groups is 1. The number of rotatable bonds is 13. The van der Waals surface area contributed by atoms with Gasteiger partial charge in [0.25, 0.3) is 0 Å². The third-order valence-corrected chi connectivity index (χ3v) is 7.66. The topological polar surface area (TPSA) is 181 Å². The standard InChI is InChI=1S/C35H38N6O7/c1-2-16-41(39-31(43)19-25-12-7-4-8-13-25)35(48)40-23-28(42)21-30(40)34(47)38-29(18-26-14-9-15-36-22-26)33(46)37-27(20-32(44)45)17-24-10-5-3-6-11-24/h1,3-15,22,27-30,42H,16-21,23H2,(H,37,46)(H,38,47)(H,39,43)(H,44,45)/t27-,28-,29-,30-/m0/s1. The first kappa shape index (κ1) is 35.1. The molecule has 48 heavy (non-hydrogen) atoms. The molecule has 13 nitrogen and oxygen atoms in total. The van der Waals surface area contributed by atoms with E-state index in [-0.39, 0.29) is 45.2 Å². The quantitative estimate of drug-likeness (QED) is 0.134. The molecule has 1 aliphatic rings. The lowest BCUT2D eigenvalue weighted by Crippen LogP contribution is -2.58. The number of benzene rings is 2. The summed E-state index contributed by atoms with van der Waals surface area (Å²) >= 11 is 0. The molecule has 0 spiro atoms. The van der Waals surface area contributed by atoms with E-state index in [1.54, 1.807) is 42.6 Å². The Labute approximate surface area is 278 Å². The number of amides is 5. The van der Waals surface area contributed by atoms with Crippen molar-refractivity contribution in [2.45, 2.75) is 56.3 Å². The van der Waals surface area contributed by atoms with Crippen LogP contribution in [0.3, 0.4) is 0 Å². The number of terminal acetylenes is 1. The number of urea groups is 1. The average molecular weight is 655 g/mol. The van der Waals surface area contributed by atoms with Gasteiger partial charge in [0.15, 0.2) is 0 Å². The molecule has 1 aromatic heterocycles. The Morgan fingerprint density at radius 3 is 2.23 bits per heavy atom. The van der Waals surface area contributed by atoms with Gasteiger partial charge in [0, 0.05) is 37.8 Å². The second-order valence-electron chi connectivity index (χ2n) is 11.4. The first-order valence-corrected chi connectivity index (χ1v) is 15.4. The van der Waals surface area contributed by atoms with E-state index in [9.17, 15) is 34.2 Å². The second-order valence-corrected chi connectivity index (χ2v) is 11.4. The molecule has 1 aliphatic heterocycles. The number of carbonyl (C=O) groups excluding carboxylic acids is 4. The molecule has 2 aromatic carbocycles. The van der Waals surface area contributed by atoms with Crippen LogP contribution in [-0.2, 0) is 38.4 Å². The maximum Gasteiger partial charge on any atom is 0.340 e. The number of nitrogens with zero attached hydrogens (tertiary/aromatic N) is 3. The largest absolute Gasteiger partial charge is 0.481 e. The molecule has 5 amide bonds. The predicted molar refractivity (Wildman–Crippen MR) is 175 cm³/mol. The Bertz CT molecular complexity index is 1600. The molecule has 0 saturated carbocycles. The van der Waals surface area contributed by atoms with Crippen molar-refractivity contribution in [2.24, 2.45) is 0 Å². The summed E-state index contributed by atoms with van der Waals surface area (Å²) in [5.41, 5.74) is 4.65. The van der Waals surface area contributed by atoms with Gasteiger partial charge in [-0.15, -0.1) is 6.42 Å². The highest BCUT2D eigenvalue weighted by Crippen LogP contribution is 2.20. The monoisotopic (exact) mass is 654 g/mol. The van der Waals surface area contributed by atoms with E-state index in [0.29, 0.717) is 11.1 Å². The number of hydrogen-bond acceptors (Lipinski definition) is 7. The molecule has 0 unspecified atom stereocenters. The molecule has 4 atom stereocenters. The van der Waals surface area contributed by atoms with E-state index < -0.39 is 54.0 Å². The maximum atomic E-state index is 13.8. The van der Waals surface area contributed by atoms with Crippen LogP contribution in [0.4, 0.5) is 4.79 Å². The highest BCUT2D eigenvalue weighted by Gasteiger charge is 2.42. The highest BCUT2D eigenvalue weighted by molar-refractivity contribution is 5.93. The van der Waals surface area contributed by atoms with Gasteiger partial charge in [0.2, 0.25) is 17.7 Å².